The average molecular weight is 456 g/mol. The highest BCUT2D eigenvalue weighted by Crippen LogP contribution is 2.37. The molecule has 5 rings (SSSR count). The van der Waals surface area contributed by atoms with Crippen molar-refractivity contribution >= 4 is 37.9 Å². The fourth-order valence-electron chi connectivity index (χ4n) is 4.44. The van der Waals surface area contributed by atoms with Crippen LogP contribution in [0, 0.1) is 11.6 Å². The molecule has 0 saturated carbocycles. The molecule has 2 aromatic heterocycles. The summed E-state index contributed by atoms with van der Waals surface area (Å²) in [5, 5.41) is 3.96. The molecule has 3 nitrogen and oxygen atoms in total. The predicted octanol–water partition coefficient (Wildman–Crippen LogP) is 6.31. The van der Waals surface area contributed by atoms with Crippen LogP contribution in [0.25, 0.3) is 21.3 Å². The molecule has 3 heterocycles. The predicted molar refractivity (Wildman–Crippen MR) is 126 cm³/mol. The van der Waals surface area contributed by atoms with Crippen molar-refractivity contribution in [3.8, 4) is 11.3 Å². The summed E-state index contributed by atoms with van der Waals surface area (Å²) in [5.41, 5.74) is 9.12. The molecule has 31 heavy (non-hydrogen) atoms. The van der Waals surface area contributed by atoms with Gasteiger partial charge in [-0.2, -0.15) is 0 Å². The molecule has 0 radical (unpaired) electrons. The lowest BCUT2D eigenvalue weighted by molar-refractivity contribution is 0.215. The summed E-state index contributed by atoms with van der Waals surface area (Å²) in [4.78, 5) is 8.13. The van der Waals surface area contributed by atoms with E-state index in [1.165, 1.54) is 34.4 Å². The van der Waals surface area contributed by atoms with Crippen molar-refractivity contribution in [3.63, 3.8) is 0 Å². The van der Waals surface area contributed by atoms with E-state index in [0.717, 1.165) is 59.7 Å². The summed E-state index contributed by atoms with van der Waals surface area (Å²) in [6.45, 7) is 3.05. The molecule has 0 spiro atoms. The number of hydrogen-bond donors (Lipinski definition) is 1. The summed E-state index contributed by atoms with van der Waals surface area (Å²) < 4.78 is 27.8. The molecule has 1 saturated heterocycles. The van der Waals surface area contributed by atoms with Crippen molar-refractivity contribution in [1.29, 1.82) is 0 Å². The van der Waals surface area contributed by atoms with Gasteiger partial charge in [0.15, 0.2) is 5.13 Å². The average Bonchev–Trinajstić information content (AvgIpc) is 3.36. The normalized spacial score (nSPS) is 15.7. The number of likely N-dealkylation sites (tertiary alicyclic amines) is 1. The topological polar surface area (TPSA) is 42.1 Å². The number of nitrogen functional groups attached to an aromatic ring is 1. The molecule has 2 N–H and O–H groups in total. The number of thiazole rings is 1. The summed E-state index contributed by atoms with van der Waals surface area (Å²) in [5.74, 6) is 0.114. The van der Waals surface area contributed by atoms with Crippen molar-refractivity contribution in [3.05, 3.63) is 69.9 Å². The molecule has 160 valence electrons. The third-order valence-electron chi connectivity index (χ3n) is 6.08. The molecule has 0 aliphatic carbocycles. The molecular formula is C24H23F2N3S2. The van der Waals surface area contributed by atoms with Gasteiger partial charge in [-0.1, -0.05) is 6.07 Å². The number of fused-ring (bicyclic) bond motifs is 1. The molecule has 4 aromatic rings. The van der Waals surface area contributed by atoms with E-state index in [0.29, 0.717) is 11.0 Å². The minimum absolute atomic E-state index is 0.167. The van der Waals surface area contributed by atoms with Gasteiger partial charge in [-0.3, -0.25) is 0 Å². The zero-order valence-electron chi connectivity index (χ0n) is 17.0. The van der Waals surface area contributed by atoms with Gasteiger partial charge in [-0.15, -0.1) is 22.7 Å². The molecule has 1 aliphatic heterocycles. The van der Waals surface area contributed by atoms with Crippen molar-refractivity contribution in [2.75, 3.05) is 25.4 Å². The molecule has 1 aliphatic rings. The van der Waals surface area contributed by atoms with Crippen molar-refractivity contribution in [2.45, 2.75) is 25.2 Å². The molecular weight excluding hydrogens is 432 g/mol. The maximum absolute atomic E-state index is 13.5. The lowest BCUT2D eigenvalue weighted by Crippen LogP contribution is -2.34. The van der Waals surface area contributed by atoms with Crippen LogP contribution >= 0.6 is 22.7 Å². The molecule has 0 atom stereocenters. The summed E-state index contributed by atoms with van der Waals surface area (Å²) in [6.07, 6.45) is 3.10. The van der Waals surface area contributed by atoms with Gasteiger partial charge in [0, 0.05) is 21.7 Å². The van der Waals surface area contributed by atoms with E-state index >= 15 is 0 Å². The van der Waals surface area contributed by atoms with Crippen LogP contribution in [0.1, 0.15) is 29.2 Å². The molecule has 0 bridgehead atoms. The number of thiophene rings is 1. The Morgan fingerprint density at radius 1 is 1.03 bits per heavy atom. The van der Waals surface area contributed by atoms with Gasteiger partial charge in [0.05, 0.1) is 5.69 Å². The lowest BCUT2D eigenvalue weighted by atomic mass is 9.89. The maximum Gasteiger partial charge on any atom is 0.180 e. The first-order valence-electron chi connectivity index (χ1n) is 10.5. The van der Waals surface area contributed by atoms with E-state index in [-0.39, 0.29) is 11.6 Å². The first-order valence-corrected chi connectivity index (χ1v) is 12.2. The first kappa shape index (κ1) is 20.5. The van der Waals surface area contributed by atoms with Gasteiger partial charge in [0.1, 0.15) is 11.6 Å². The van der Waals surface area contributed by atoms with E-state index in [1.807, 2.05) is 6.07 Å². The number of benzene rings is 2. The van der Waals surface area contributed by atoms with E-state index in [9.17, 15) is 8.78 Å². The van der Waals surface area contributed by atoms with Gasteiger partial charge in [0.2, 0.25) is 0 Å². The zero-order chi connectivity index (χ0) is 21.4. The molecule has 2 aromatic carbocycles. The molecule has 1 fully saturated rings. The molecule has 7 heteroatoms. The second-order valence-electron chi connectivity index (χ2n) is 8.03. The standard InChI is InChI=1S/C24H23F2N3S2/c25-17-3-1-16(2-4-17)23-21(31-24(27)28-23)9-12-29-10-7-15(8-11-29)20-14-30-22-13-18(26)5-6-19(20)22/h1-6,13-15H,7-12H2,(H2,27,28). The summed E-state index contributed by atoms with van der Waals surface area (Å²) >= 11 is 3.16. The minimum atomic E-state index is -0.250. The van der Waals surface area contributed by atoms with Gasteiger partial charge < -0.3 is 10.6 Å². The molecule has 0 unspecified atom stereocenters. The second-order valence-corrected chi connectivity index (χ2v) is 10.1. The largest absolute Gasteiger partial charge is 0.375 e. The number of nitrogens with zero attached hydrogens (tertiary/aromatic N) is 2. The molecule has 0 amide bonds. The van der Waals surface area contributed by atoms with Crippen LogP contribution in [0.4, 0.5) is 13.9 Å². The second kappa shape index (κ2) is 8.65. The van der Waals surface area contributed by atoms with Crippen LogP contribution in [0.5, 0.6) is 0 Å². The van der Waals surface area contributed by atoms with Crippen LogP contribution < -0.4 is 5.73 Å². The van der Waals surface area contributed by atoms with E-state index in [4.69, 9.17) is 5.73 Å². The van der Waals surface area contributed by atoms with Crippen molar-refractivity contribution < 1.29 is 8.78 Å². The Morgan fingerprint density at radius 2 is 1.77 bits per heavy atom. The smallest absolute Gasteiger partial charge is 0.180 e. The third-order valence-corrected chi connectivity index (χ3v) is 7.99. The quantitative estimate of drug-likeness (QED) is 0.384. The Bertz CT molecular complexity index is 1190. The monoisotopic (exact) mass is 455 g/mol. The van der Waals surface area contributed by atoms with Crippen molar-refractivity contribution in [1.82, 2.24) is 9.88 Å². The van der Waals surface area contributed by atoms with Crippen LogP contribution in [0.2, 0.25) is 0 Å². The Morgan fingerprint density at radius 3 is 2.55 bits per heavy atom. The van der Waals surface area contributed by atoms with Crippen LogP contribution in [0.15, 0.2) is 47.8 Å². The maximum atomic E-state index is 13.5. The third kappa shape index (κ3) is 4.35. The highest BCUT2D eigenvalue weighted by molar-refractivity contribution is 7.17. The van der Waals surface area contributed by atoms with Crippen LogP contribution in [-0.4, -0.2) is 29.5 Å². The number of anilines is 1. The van der Waals surface area contributed by atoms with Crippen molar-refractivity contribution in [2.24, 2.45) is 0 Å². The highest BCUT2D eigenvalue weighted by atomic mass is 32.1. The first-order chi connectivity index (χ1) is 15.1. The van der Waals surface area contributed by atoms with Gasteiger partial charge >= 0.3 is 0 Å². The SMILES string of the molecule is Nc1nc(-c2ccc(F)cc2)c(CCN2CCC(c3csc4cc(F)ccc34)CC2)s1. The Labute approximate surface area is 188 Å². The fourth-order valence-corrected chi connectivity index (χ4v) is 6.35. The Hall–Kier alpha value is -2.35. The zero-order valence-corrected chi connectivity index (χ0v) is 18.6. The van der Waals surface area contributed by atoms with Gasteiger partial charge in [0.25, 0.3) is 0 Å². The highest BCUT2D eigenvalue weighted by Gasteiger charge is 2.23. The number of piperidine rings is 1. The Kier molecular flexibility index (Phi) is 5.73. The minimum Gasteiger partial charge on any atom is -0.375 e. The summed E-state index contributed by atoms with van der Waals surface area (Å²) in [7, 11) is 0. The summed E-state index contributed by atoms with van der Waals surface area (Å²) in [6, 6.07) is 11.6. The van der Waals surface area contributed by atoms with Gasteiger partial charge in [-0.05, 0) is 91.0 Å². The van der Waals surface area contributed by atoms with Crippen LogP contribution in [0.3, 0.4) is 0 Å². The lowest BCUT2D eigenvalue weighted by Gasteiger charge is -2.32. The number of hydrogen-bond acceptors (Lipinski definition) is 5. The van der Waals surface area contributed by atoms with E-state index in [2.05, 4.69) is 15.3 Å². The number of rotatable bonds is 5. The van der Waals surface area contributed by atoms with E-state index in [1.54, 1.807) is 35.6 Å². The van der Waals surface area contributed by atoms with E-state index < -0.39 is 0 Å². The van der Waals surface area contributed by atoms with Crippen LogP contribution in [-0.2, 0) is 6.42 Å². The number of nitrogens with two attached hydrogens (primary N) is 1. The Balaban J connectivity index is 1.22. The number of halogens is 2. The number of aromatic nitrogens is 1. The van der Waals surface area contributed by atoms with Gasteiger partial charge in [-0.25, -0.2) is 13.8 Å². The fraction of sp³-hybridized carbons (Fsp3) is 0.292.